The van der Waals surface area contributed by atoms with E-state index in [9.17, 15) is 14.4 Å². The number of amides is 2. The van der Waals surface area contributed by atoms with Gasteiger partial charge in [0.15, 0.2) is 11.5 Å². The lowest BCUT2D eigenvalue weighted by atomic mass is 10.1. The van der Waals surface area contributed by atoms with Gasteiger partial charge in [-0.1, -0.05) is 12.1 Å². The number of fused-ring (bicyclic) bond motifs is 1. The summed E-state index contributed by atoms with van der Waals surface area (Å²) in [6.45, 7) is 2.32. The lowest BCUT2D eigenvalue weighted by Gasteiger charge is -2.09. The molecule has 0 aliphatic carbocycles. The smallest absolute Gasteiger partial charge is 0.251 e. The fraction of sp³-hybridized carbons (Fsp3) is 0.174. The van der Waals surface area contributed by atoms with Crippen molar-refractivity contribution >= 4 is 17.5 Å². The minimum absolute atomic E-state index is 0.0850. The molecule has 0 saturated carbocycles. The molecule has 0 spiro atoms. The quantitative estimate of drug-likeness (QED) is 0.640. The Labute approximate surface area is 178 Å². The van der Waals surface area contributed by atoms with Crippen LogP contribution in [0.1, 0.15) is 21.5 Å². The number of anilines is 1. The topological polar surface area (TPSA) is 98.7 Å². The zero-order valence-electron chi connectivity index (χ0n) is 16.9. The van der Waals surface area contributed by atoms with E-state index in [1.54, 1.807) is 36.5 Å². The molecule has 2 aromatic carbocycles. The minimum Gasteiger partial charge on any atom is -0.454 e. The highest BCUT2D eigenvalue weighted by molar-refractivity contribution is 5.95. The van der Waals surface area contributed by atoms with Gasteiger partial charge < -0.3 is 24.7 Å². The van der Waals surface area contributed by atoms with Crippen LogP contribution in [-0.2, 0) is 17.9 Å². The first-order chi connectivity index (χ1) is 15.0. The summed E-state index contributed by atoms with van der Waals surface area (Å²) < 4.78 is 12.0. The monoisotopic (exact) mass is 419 g/mol. The number of pyridine rings is 1. The molecule has 0 bridgehead atoms. The van der Waals surface area contributed by atoms with E-state index in [1.807, 2.05) is 25.1 Å². The molecule has 158 valence electrons. The maximum atomic E-state index is 12.4. The first-order valence-corrected chi connectivity index (χ1v) is 9.72. The van der Waals surface area contributed by atoms with Crippen molar-refractivity contribution in [2.75, 3.05) is 12.1 Å². The van der Waals surface area contributed by atoms with E-state index in [0.717, 1.165) is 11.1 Å². The largest absolute Gasteiger partial charge is 0.454 e. The van der Waals surface area contributed by atoms with Crippen LogP contribution in [0.15, 0.2) is 65.6 Å². The summed E-state index contributed by atoms with van der Waals surface area (Å²) in [6, 6.07) is 15.2. The van der Waals surface area contributed by atoms with Gasteiger partial charge in [0.25, 0.3) is 11.5 Å². The Kier molecular flexibility index (Phi) is 5.70. The lowest BCUT2D eigenvalue weighted by Crippen LogP contribution is -2.27. The Morgan fingerprint density at radius 3 is 2.58 bits per heavy atom. The van der Waals surface area contributed by atoms with Gasteiger partial charge in [-0.2, -0.15) is 0 Å². The van der Waals surface area contributed by atoms with Gasteiger partial charge in [-0.15, -0.1) is 0 Å². The molecule has 0 unspecified atom stereocenters. The van der Waals surface area contributed by atoms with Crippen molar-refractivity contribution in [1.29, 1.82) is 0 Å². The van der Waals surface area contributed by atoms with Gasteiger partial charge in [0, 0.05) is 30.1 Å². The maximum Gasteiger partial charge on any atom is 0.251 e. The van der Waals surface area contributed by atoms with Crippen molar-refractivity contribution in [3.63, 3.8) is 0 Å². The molecule has 3 aromatic rings. The van der Waals surface area contributed by atoms with E-state index in [2.05, 4.69) is 10.6 Å². The first kappa shape index (κ1) is 20.2. The second kappa shape index (κ2) is 8.74. The average molecular weight is 419 g/mol. The number of carbonyl (C=O) groups is 2. The van der Waals surface area contributed by atoms with Crippen LogP contribution in [0.4, 0.5) is 5.69 Å². The highest BCUT2D eigenvalue weighted by Gasteiger charge is 2.14. The SMILES string of the molecule is Cc1ccc(=O)n(CC(=O)Nc2ccc(C(=O)NCc3ccc4c(c3)OCO4)cc2)c1. The van der Waals surface area contributed by atoms with Crippen molar-refractivity contribution in [3.05, 3.63) is 87.8 Å². The molecule has 31 heavy (non-hydrogen) atoms. The van der Waals surface area contributed by atoms with Gasteiger partial charge in [0.1, 0.15) is 6.54 Å². The zero-order valence-corrected chi connectivity index (χ0v) is 16.9. The second-order valence-corrected chi connectivity index (χ2v) is 7.17. The fourth-order valence-corrected chi connectivity index (χ4v) is 3.17. The van der Waals surface area contributed by atoms with E-state index >= 15 is 0 Å². The number of aromatic nitrogens is 1. The third kappa shape index (κ3) is 4.92. The van der Waals surface area contributed by atoms with Crippen molar-refractivity contribution in [3.8, 4) is 11.5 Å². The highest BCUT2D eigenvalue weighted by Crippen LogP contribution is 2.32. The summed E-state index contributed by atoms with van der Waals surface area (Å²) in [5, 5.41) is 5.58. The summed E-state index contributed by atoms with van der Waals surface area (Å²) in [7, 11) is 0. The molecule has 0 atom stereocenters. The number of rotatable bonds is 6. The number of nitrogens with zero attached hydrogens (tertiary/aromatic N) is 1. The summed E-state index contributed by atoms with van der Waals surface area (Å²) in [4.78, 5) is 36.5. The van der Waals surface area contributed by atoms with E-state index in [-0.39, 0.29) is 30.7 Å². The van der Waals surface area contributed by atoms with Gasteiger partial charge in [-0.25, -0.2) is 0 Å². The van der Waals surface area contributed by atoms with Crippen molar-refractivity contribution in [2.45, 2.75) is 20.0 Å². The molecule has 0 fully saturated rings. The maximum absolute atomic E-state index is 12.4. The van der Waals surface area contributed by atoms with Crippen LogP contribution in [0.3, 0.4) is 0 Å². The van der Waals surface area contributed by atoms with Gasteiger partial charge in [-0.05, 0) is 54.4 Å². The Morgan fingerprint density at radius 1 is 1.00 bits per heavy atom. The lowest BCUT2D eigenvalue weighted by molar-refractivity contribution is -0.116. The number of ether oxygens (including phenoxy) is 2. The van der Waals surface area contributed by atoms with Crippen molar-refractivity contribution in [1.82, 2.24) is 9.88 Å². The van der Waals surface area contributed by atoms with Crippen LogP contribution in [0.2, 0.25) is 0 Å². The second-order valence-electron chi connectivity index (χ2n) is 7.17. The minimum atomic E-state index is -0.326. The number of hydrogen-bond donors (Lipinski definition) is 2. The summed E-state index contributed by atoms with van der Waals surface area (Å²) >= 11 is 0. The molecule has 2 heterocycles. The van der Waals surface area contributed by atoms with E-state index in [1.165, 1.54) is 10.6 Å². The van der Waals surface area contributed by atoms with Crippen LogP contribution in [0, 0.1) is 6.92 Å². The van der Waals surface area contributed by atoms with Gasteiger partial charge >= 0.3 is 0 Å². The number of carbonyl (C=O) groups excluding carboxylic acids is 2. The molecule has 8 nitrogen and oxygen atoms in total. The molecule has 0 saturated heterocycles. The van der Waals surface area contributed by atoms with Gasteiger partial charge in [-0.3, -0.25) is 14.4 Å². The number of hydrogen-bond acceptors (Lipinski definition) is 5. The molecule has 4 rings (SSSR count). The molecular weight excluding hydrogens is 398 g/mol. The molecule has 1 aromatic heterocycles. The molecule has 2 amide bonds. The standard InChI is InChI=1S/C23H21N3O5/c1-15-2-9-22(28)26(12-15)13-21(27)25-18-6-4-17(5-7-18)23(29)24-11-16-3-8-19-20(10-16)31-14-30-19/h2-10,12H,11,13-14H2,1H3,(H,24,29)(H,25,27). The number of nitrogens with one attached hydrogen (secondary N) is 2. The molecule has 0 radical (unpaired) electrons. The Balaban J connectivity index is 1.32. The molecule has 8 heteroatoms. The fourth-order valence-electron chi connectivity index (χ4n) is 3.17. The van der Waals surface area contributed by atoms with Gasteiger partial charge in [0.2, 0.25) is 12.7 Å². The summed E-state index contributed by atoms with van der Waals surface area (Å²) in [5.74, 6) is 0.800. The Bertz CT molecular complexity index is 1180. The Hall–Kier alpha value is -4.07. The third-order valence-electron chi connectivity index (χ3n) is 4.77. The molecule has 1 aliphatic rings. The van der Waals surface area contributed by atoms with Crippen LogP contribution in [0.25, 0.3) is 0 Å². The number of benzene rings is 2. The first-order valence-electron chi connectivity index (χ1n) is 9.72. The van der Waals surface area contributed by atoms with Crippen molar-refractivity contribution in [2.24, 2.45) is 0 Å². The van der Waals surface area contributed by atoms with Crippen LogP contribution >= 0.6 is 0 Å². The average Bonchev–Trinajstić information content (AvgIpc) is 3.23. The third-order valence-corrected chi connectivity index (χ3v) is 4.77. The highest BCUT2D eigenvalue weighted by atomic mass is 16.7. The predicted octanol–water partition coefficient (Wildman–Crippen LogP) is 2.45. The van der Waals surface area contributed by atoms with Gasteiger partial charge in [0.05, 0.1) is 0 Å². The Morgan fingerprint density at radius 2 is 1.77 bits per heavy atom. The molecule has 1 aliphatic heterocycles. The van der Waals surface area contributed by atoms with E-state index < -0.39 is 0 Å². The van der Waals surface area contributed by atoms with Crippen LogP contribution < -0.4 is 25.7 Å². The summed E-state index contributed by atoms with van der Waals surface area (Å²) in [5.41, 5.74) is 2.55. The van der Waals surface area contributed by atoms with Crippen molar-refractivity contribution < 1.29 is 19.1 Å². The number of aryl methyl sites for hydroxylation is 1. The molecule has 2 N–H and O–H groups in total. The normalized spacial score (nSPS) is 11.8. The predicted molar refractivity (Wildman–Crippen MR) is 114 cm³/mol. The van der Waals surface area contributed by atoms with E-state index in [4.69, 9.17) is 9.47 Å². The molecular formula is C23H21N3O5. The van der Waals surface area contributed by atoms with Crippen LogP contribution in [0.5, 0.6) is 11.5 Å². The summed E-state index contributed by atoms with van der Waals surface area (Å²) in [6.07, 6.45) is 1.63. The van der Waals surface area contributed by atoms with Crippen LogP contribution in [-0.4, -0.2) is 23.2 Å². The zero-order chi connectivity index (χ0) is 21.8. The van der Waals surface area contributed by atoms with E-state index in [0.29, 0.717) is 29.3 Å².